The molecule has 0 aliphatic carbocycles. The van der Waals surface area contributed by atoms with Crippen LogP contribution in [0.3, 0.4) is 0 Å². The molecule has 2 aromatic rings. The molecule has 1 amide bonds. The highest BCUT2D eigenvalue weighted by Crippen LogP contribution is 2.27. The zero-order valence-corrected chi connectivity index (χ0v) is 13.4. The predicted octanol–water partition coefficient (Wildman–Crippen LogP) is 3.40. The minimum atomic E-state index is -0.254. The molecule has 1 aliphatic heterocycles. The molecule has 0 aromatic carbocycles. The largest absolute Gasteiger partial charge is 0.469 e. The summed E-state index contributed by atoms with van der Waals surface area (Å²) in [6, 6.07) is 5.80. The molecule has 2 aromatic heterocycles. The fourth-order valence-corrected chi connectivity index (χ4v) is 3.46. The number of hydrogen-bond acceptors (Lipinski definition) is 5. The number of piperidine rings is 1. The number of rotatable bonds is 4. The summed E-state index contributed by atoms with van der Waals surface area (Å²) in [5.74, 6) is 0.339. The molecule has 3 heterocycles. The van der Waals surface area contributed by atoms with Crippen LogP contribution in [0.4, 0.5) is 5.00 Å². The normalized spacial score (nSPS) is 15.4. The van der Waals surface area contributed by atoms with Gasteiger partial charge in [-0.15, -0.1) is 11.3 Å². The topological polar surface area (TPSA) is 57.8 Å². The number of nitrogens with zero attached hydrogens (tertiary/aromatic N) is 2. The Kier molecular flexibility index (Phi) is 4.58. The number of nitrogens with one attached hydrogen (secondary N) is 1. The fraction of sp³-hybridized carbons (Fsp3) is 0.375. The SMILES string of the molecule is Cc1occc1C(=O)N/N=C\c1ccc(N2CCCCC2)s1. The number of amides is 1. The molecule has 0 unspecified atom stereocenters. The first kappa shape index (κ1) is 14.8. The number of hydrogen-bond donors (Lipinski definition) is 1. The summed E-state index contributed by atoms with van der Waals surface area (Å²) in [6.45, 7) is 4.02. The van der Waals surface area contributed by atoms with Crippen LogP contribution >= 0.6 is 11.3 Å². The predicted molar refractivity (Wildman–Crippen MR) is 88.9 cm³/mol. The van der Waals surface area contributed by atoms with Gasteiger partial charge < -0.3 is 9.32 Å². The molecule has 0 radical (unpaired) electrons. The van der Waals surface area contributed by atoms with Crippen LogP contribution in [0, 0.1) is 6.92 Å². The summed E-state index contributed by atoms with van der Waals surface area (Å²) in [5.41, 5.74) is 3.04. The number of thiophene rings is 1. The number of carbonyl (C=O) groups is 1. The Morgan fingerprint density at radius 1 is 1.32 bits per heavy atom. The third-order valence-corrected chi connectivity index (χ3v) is 4.82. The highest BCUT2D eigenvalue weighted by molar-refractivity contribution is 7.17. The van der Waals surface area contributed by atoms with Crippen LogP contribution in [0.2, 0.25) is 0 Å². The number of hydrazone groups is 1. The van der Waals surface area contributed by atoms with Gasteiger partial charge in [0.05, 0.1) is 23.0 Å². The summed E-state index contributed by atoms with van der Waals surface area (Å²) < 4.78 is 5.10. The van der Waals surface area contributed by atoms with Crippen LogP contribution in [0.25, 0.3) is 0 Å². The molecule has 1 fully saturated rings. The lowest BCUT2D eigenvalue weighted by Crippen LogP contribution is -2.28. The first-order valence-corrected chi connectivity index (χ1v) is 8.28. The molecule has 5 nitrogen and oxygen atoms in total. The van der Waals surface area contributed by atoms with E-state index in [9.17, 15) is 4.79 Å². The van der Waals surface area contributed by atoms with Crippen molar-refractivity contribution >= 4 is 28.5 Å². The van der Waals surface area contributed by atoms with E-state index in [-0.39, 0.29) is 5.91 Å². The quantitative estimate of drug-likeness (QED) is 0.694. The van der Waals surface area contributed by atoms with E-state index in [0.717, 1.165) is 18.0 Å². The van der Waals surface area contributed by atoms with Crippen LogP contribution < -0.4 is 10.3 Å². The van der Waals surface area contributed by atoms with Gasteiger partial charge in [-0.25, -0.2) is 5.43 Å². The van der Waals surface area contributed by atoms with E-state index in [1.165, 1.54) is 30.5 Å². The molecular formula is C16H19N3O2S. The first-order chi connectivity index (χ1) is 10.7. The van der Waals surface area contributed by atoms with Gasteiger partial charge >= 0.3 is 0 Å². The lowest BCUT2D eigenvalue weighted by Gasteiger charge is -2.27. The van der Waals surface area contributed by atoms with Gasteiger partial charge in [-0.1, -0.05) is 0 Å². The zero-order valence-electron chi connectivity index (χ0n) is 12.5. The van der Waals surface area contributed by atoms with Crippen molar-refractivity contribution in [2.24, 2.45) is 5.10 Å². The summed E-state index contributed by atoms with van der Waals surface area (Å²) in [4.78, 5) is 15.3. The molecule has 0 spiro atoms. The van der Waals surface area contributed by atoms with Crippen LogP contribution in [-0.4, -0.2) is 25.2 Å². The maximum atomic E-state index is 11.9. The maximum absolute atomic E-state index is 11.9. The highest BCUT2D eigenvalue weighted by atomic mass is 32.1. The van der Waals surface area contributed by atoms with Crippen molar-refractivity contribution in [2.75, 3.05) is 18.0 Å². The Labute approximate surface area is 133 Å². The smallest absolute Gasteiger partial charge is 0.274 e. The highest BCUT2D eigenvalue weighted by Gasteiger charge is 2.13. The number of aryl methyl sites for hydroxylation is 1. The van der Waals surface area contributed by atoms with Crippen molar-refractivity contribution in [3.8, 4) is 0 Å². The van der Waals surface area contributed by atoms with Crippen LogP contribution in [0.1, 0.15) is 40.3 Å². The molecule has 0 atom stereocenters. The zero-order chi connectivity index (χ0) is 15.4. The van der Waals surface area contributed by atoms with E-state index < -0.39 is 0 Å². The second kappa shape index (κ2) is 6.79. The van der Waals surface area contributed by atoms with Gasteiger partial charge in [0, 0.05) is 18.0 Å². The van der Waals surface area contributed by atoms with Gasteiger partial charge in [0.15, 0.2) is 0 Å². The Morgan fingerprint density at radius 3 is 2.86 bits per heavy atom. The molecule has 3 rings (SSSR count). The average Bonchev–Trinajstić information content (AvgIpc) is 3.17. The molecule has 22 heavy (non-hydrogen) atoms. The van der Waals surface area contributed by atoms with Crippen molar-refractivity contribution in [3.05, 3.63) is 40.7 Å². The van der Waals surface area contributed by atoms with E-state index in [2.05, 4.69) is 21.5 Å². The third kappa shape index (κ3) is 3.39. The second-order valence-electron chi connectivity index (χ2n) is 5.31. The summed E-state index contributed by atoms with van der Waals surface area (Å²) in [6.07, 6.45) is 7.04. The Bertz CT molecular complexity index is 668. The van der Waals surface area contributed by atoms with Crippen LogP contribution in [0.15, 0.2) is 34.0 Å². The van der Waals surface area contributed by atoms with E-state index in [1.807, 2.05) is 6.07 Å². The van der Waals surface area contributed by atoms with Crippen molar-refractivity contribution in [3.63, 3.8) is 0 Å². The fourth-order valence-electron chi connectivity index (χ4n) is 2.53. The van der Waals surface area contributed by atoms with Crippen molar-refractivity contribution in [2.45, 2.75) is 26.2 Å². The Balaban J connectivity index is 1.58. The monoisotopic (exact) mass is 317 g/mol. The molecule has 116 valence electrons. The molecule has 6 heteroatoms. The van der Waals surface area contributed by atoms with E-state index >= 15 is 0 Å². The van der Waals surface area contributed by atoms with Gasteiger partial charge in [-0.3, -0.25) is 4.79 Å². The van der Waals surface area contributed by atoms with Gasteiger partial charge in [0.2, 0.25) is 0 Å². The van der Waals surface area contributed by atoms with Crippen molar-refractivity contribution in [1.29, 1.82) is 0 Å². The van der Waals surface area contributed by atoms with Crippen molar-refractivity contribution < 1.29 is 9.21 Å². The molecule has 1 aliphatic rings. The maximum Gasteiger partial charge on any atom is 0.274 e. The standard InChI is InChI=1S/C16H19N3O2S/c1-12-14(7-10-21-12)16(20)18-17-11-13-5-6-15(22-13)19-8-3-2-4-9-19/h5-7,10-11H,2-4,8-9H2,1H3,(H,18,20)/b17-11-. The first-order valence-electron chi connectivity index (χ1n) is 7.46. The number of furan rings is 1. The molecule has 1 saturated heterocycles. The van der Waals surface area contributed by atoms with E-state index in [0.29, 0.717) is 11.3 Å². The van der Waals surface area contributed by atoms with E-state index in [4.69, 9.17) is 4.42 Å². The third-order valence-electron chi connectivity index (χ3n) is 3.74. The minimum Gasteiger partial charge on any atom is -0.469 e. The van der Waals surface area contributed by atoms with Crippen LogP contribution in [0.5, 0.6) is 0 Å². The summed E-state index contributed by atoms with van der Waals surface area (Å²) >= 11 is 1.70. The van der Waals surface area contributed by atoms with Gasteiger partial charge in [0.25, 0.3) is 5.91 Å². The minimum absolute atomic E-state index is 0.254. The van der Waals surface area contributed by atoms with Crippen molar-refractivity contribution in [1.82, 2.24) is 5.43 Å². The number of carbonyl (C=O) groups excluding carboxylic acids is 1. The second-order valence-corrected chi connectivity index (χ2v) is 6.41. The Hall–Kier alpha value is -2.08. The van der Waals surface area contributed by atoms with Crippen LogP contribution in [-0.2, 0) is 0 Å². The molecule has 0 saturated carbocycles. The lowest BCUT2D eigenvalue weighted by atomic mass is 10.1. The molecule has 0 bridgehead atoms. The summed E-state index contributed by atoms with van der Waals surface area (Å²) in [7, 11) is 0. The molecular weight excluding hydrogens is 298 g/mol. The van der Waals surface area contributed by atoms with Gasteiger partial charge in [0.1, 0.15) is 5.76 Å². The average molecular weight is 317 g/mol. The van der Waals surface area contributed by atoms with E-state index in [1.54, 1.807) is 30.5 Å². The Morgan fingerprint density at radius 2 is 2.14 bits per heavy atom. The van der Waals surface area contributed by atoms with Gasteiger partial charge in [-0.05, 0) is 44.4 Å². The molecule has 1 N–H and O–H groups in total. The van der Waals surface area contributed by atoms with Gasteiger partial charge in [-0.2, -0.15) is 5.10 Å². The lowest BCUT2D eigenvalue weighted by molar-refractivity contribution is 0.0953. The number of anilines is 1. The summed E-state index contributed by atoms with van der Waals surface area (Å²) in [5, 5.41) is 5.30.